The third-order valence-corrected chi connectivity index (χ3v) is 3.71. The molecule has 1 aromatic heterocycles. The molecule has 18 heavy (non-hydrogen) atoms. The molecule has 1 aromatic rings. The van der Waals surface area contributed by atoms with Crippen molar-refractivity contribution in [3.8, 4) is 0 Å². The highest BCUT2D eigenvalue weighted by molar-refractivity contribution is 5.38. The van der Waals surface area contributed by atoms with Gasteiger partial charge in [-0.05, 0) is 44.5 Å². The van der Waals surface area contributed by atoms with E-state index < -0.39 is 0 Å². The molecule has 1 saturated heterocycles. The Kier molecular flexibility index (Phi) is 4.19. The summed E-state index contributed by atoms with van der Waals surface area (Å²) < 4.78 is 0. The van der Waals surface area contributed by atoms with Gasteiger partial charge in [0.15, 0.2) is 0 Å². The van der Waals surface area contributed by atoms with Crippen molar-refractivity contribution in [1.82, 2.24) is 9.88 Å². The first-order valence-corrected chi connectivity index (χ1v) is 6.67. The van der Waals surface area contributed by atoms with Crippen molar-refractivity contribution in [2.45, 2.75) is 19.4 Å². The van der Waals surface area contributed by atoms with E-state index in [1.54, 1.807) is 0 Å². The molecule has 1 aliphatic rings. The molecule has 2 rings (SSSR count). The molecule has 0 radical (unpaired) electrons. The van der Waals surface area contributed by atoms with Crippen molar-refractivity contribution >= 4 is 5.82 Å². The van der Waals surface area contributed by atoms with E-state index >= 15 is 0 Å². The van der Waals surface area contributed by atoms with E-state index in [-0.39, 0.29) is 6.04 Å². The number of rotatable bonds is 4. The van der Waals surface area contributed by atoms with Crippen molar-refractivity contribution in [1.29, 1.82) is 0 Å². The Labute approximate surface area is 110 Å². The highest BCUT2D eigenvalue weighted by atomic mass is 15.2. The van der Waals surface area contributed by atoms with Gasteiger partial charge in [-0.25, -0.2) is 4.98 Å². The van der Waals surface area contributed by atoms with Crippen LogP contribution in [0.1, 0.15) is 24.9 Å². The van der Waals surface area contributed by atoms with Crippen LogP contribution < -0.4 is 10.6 Å². The summed E-state index contributed by atoms with van der Waals surface area (Å²) in [6, 6.07) is 4.20. The molecule has 4 heteroatoms. The molecule has 0 bridgehead atoms. The van der Waals surface area contributed by atoms with E-state index in [2.05, 4.69) is 41.0 Å². The van der Waals surface area contributed by atoms with Gasteiger partial charge in [-0.15, -0.1) is 0 Å². The van der Waals surface area contributed by atoms with Crippen LogP contribution in [0.25, 0.3) is 0 Å². The van der Waals surface area contributed by atoms with E-state index in [1.807, 2.05) is 13.1 Å². The van der Waals surface area contributed by atoms with Crippen molar-refractivity contribution in [3.05, 3.63) is 23.9 Å². The Bertz CT molecular complexity index is 374. The van der Waals surface area contributed by atoms with E-state index in [4.69, 9.17) is 5.73 Å². The SMILES string of the molecule is C[C@H](N)c1ccc(N(C)CC2CCN(C)C2)nc1. The van der Waals surface area contributed by atoms with Crippen LogP contribution in [0.5, 0.6) is 0 Å². The number of nitrogens with two attached hydrogens (primary N) is 1. The average Bonchev–Trinajstić information content (AvgIpc) is 2.75. The summed E-state index contributed by atoms with van der Waals surface area (Å²) in [4.78, 5) is 9.13. The first-order chi connectivity index (χ1) is 8.56. The maximum absolute atomic E-state index is 5.83. The zero-order chi connectivity index (χ0) is 13.1. The van der Waals surface area contributed by atoms with Crippen molar-refractivity contribution in [2.24, 2.45) is 11.7 Å². The Morgan fingerprint density at radius 3 is 2.83 bits per heavy atom. The third kappa shape index (κ3) is 3.21. The second-order valence-electron chi connectivity index (χ2n) is 5.54. The Morgan fingerprint density at radius 2 is 2.33 bits per heavy atom. The maximum atomic E-state index is 5.83. The molecule has 4 nitrogen and oxygen atoms in total. The predicted octanol–water partition coefficient (Wildman–Crippen LogP) is 1.49. The molecule has 100 valence electrons. The lowest BCUT2D eigenvalue weighted by molar-refractivity contribution is 0.395. The molecule has 1 unspecified atom stereocenters. The van der Waals surface area contributed by atoms with Gasteiger partial charge < -0.3 is 15.5 Å². The first kappa shape index (κ1) is 13.3. The Morgan fingerprint density at radius 1 is 1.56 bits per heavy atom. The van der Waals surface area contributed by atoms with Crippen LogP contribution in [-0.4, -0.2) is 43.6 Å². The number of hydrogen-bond donors (Lipinski definition) is 1. The molecule has 2 atom stereocenters. The number of likely N-dealkylation sites (tertiary alicyclic amines) is 1. The monoisotopic (exact) mass is 248 g/mol. The number of nitrogens with zero attached hydrogens (tertiary/aromatic N) is 3. The third-order valence-electron chi connectivity index (χ3n) is 3.71. The van der Waals surface area contributed by atoms with Crippen molar-refractivity contribution in [3.63, 3.8) is 0 Å². The van der Waals surface area contributed by atoms with Crippen LogP contribution in [0.4, 0.5) is 5.82 Å². The van der Waals surface area contributed by atoms with Crippen LogP contribution >= 0.6 is 0 Å². The van der Waals surface area contributed by atoms with Crippen molar-refractivity contribution in [2.75, 3.05) is 38.6 Å². The minimum atomic E-state index is 0.0559. The zero-order valence-corrected chi connectivity index (χ0v) is 11.6. The van der Waals surface area contributed by atoms with Gasteiger partial charge in [0.05, 0.1) is 0 Å². The minimum Gasteiger partial charge on any atom is -0.359 e. The molecule has 0 amide bonds. The Balaban J connectivity index is 1.94. The molecule has 1 aliphatic heterocycles. The fourth-order valence-electron chi connectivity index (χ4n) is 2.55. The molecular formula is C14H24N4. The summed E-state index contributed by atoms with van der Waals surface area (Å²) in [5, 5.41) is 0. The van der Waals surface area contributed by atoms with Gasteiger partial charge >= 0.3 is 0 Å². The van der Waals surface area contributed by atoms with Gasteiger partial charge in [0, 0.05) is 32.4 Å². The fraction of sp³-hybridized carbons (Fsp3) is 0.643. The summed E-state index contributed by atoms with van der Waals surface area (Å²) in [5.41, 5.74) is 6.92. The van der Waals surface area contributed by atoms with Crippen molar-refractivity contribution < 1.29 is 0 Å². The van der Waals surface area contributed by atoms with E-state index in [1.165, 1.54) is 19.5 Å². The maximum Gasteiger partial charge on any atom is 0.128 e. The predicted molar refractivity (Wildman–Crippen MR) is 75.7 cm³/mol. The lowest BCUT2D eigenvalue weighted by Crippen LogP contribution is -2.27. The minimum absolute atomic E-state index is 0.0559. The molecule has 0 saturated carbocycles. The molecule has 2 N–H and O–H groups in total. The van der Waals surface area contributed by atoms with Crippen LogP contribution in [0.15, 0.2) is 18.3 Å². The smallest absolute Gasteiger partial charge is 0.128 e. The lowest BCUT2D eigenvalue weighted by Gasteiger charge is -2.22. The molecule has 0 aliphatic carbocycles. The van der Waals surface area contributed by atoms with Crippen LogP contribution in [-0.2, 0) is 0 Å². The lowest BCUT2D eigenvalue weighted by atomic mass is 10.1. The van der Waals surface area contributed by atoms with Gasteiger partial charge in [-0.3, -0.25) is 0 Å². The van der Waals surface area contributed by atoms with Gasteiger partial charge in [-0.2, -0.15) is 0 Å². The Hall–Kier alpha value is -1.13. The number of pyridine rings is 1. The normalized spacial score (nSPS) is 22.1. The van der Waals surface area contributed by atoms with Gasteiger partial charge in [0.1, 0.15) is 5.82 Å². The molecule has 0 spiro atoms. The number of aromatic nitrogens is 1. The van der Waals surface area contributed by atoms with Crippen LogP contribution in [0, 0.1) is 5.92 Å². The van der Waals surface area contributed by atoms with Gasteiger partial charge in [0.25, 0.3) is 0 Å². The summed E-state index contributed by atoms with van der Waals surface area (Å²) in [6.07, 6.45) is 3.18. The second kappa shape index (κ2) is 5.67. The standard InChI is InChI=1S/C14H24N4/c1-11(15)13-4-5-14(16-8-13)18(3)10-12-6-7-17(2)9-12/h4-5,8,11-12H,6-7,9-10,15H2,1-3H3/t11-,12?/m0/s1. The molecule has 0 aromatic carbocycles. The largest absolute Gasteiger partial charge is 0.359 e. The molecule has 2 heterocycles. The molecule has 1 fully saturated rings. The summed E-state index contributed by atoms with van der Waals surface area (Å²) in [5.74, 6) is 1.80. The fourth-order valence-corrected chi connectivity index (χ4v) is 2.55. The van der Waals surface area contributed by atoms with E-state index in [9.17, 15) is 0 Å². The summed E-state index contributed by atoms with van der Waals surface area (Å²) in [7, 11) is 4.31. The summed E-state index contributed by atoms with van der Waals surface area (Å²) >= 11 is 0. The van der Waals surface area contributed by atoms with Gasteiger partial charge in [-0.1, -0.05) is 6.07 Å². The highest BCUT2D eigenvalue weighted by Gasteiger charge is 2.21. The topological polar surface area (TPSA) is 45.4 Å². The second-order valence-corrected chi connectivity index (χ2v) is 5.54. The van der Waals surface area contributed by atoms with E-state index in [0.717, 1.165) is 23.8 Å². The zero-order valence-electron chi connectivity index (χ0n) is 11.6. The quantitative estimate of drug-likeness (QED) is 0.877. The number of anilines is 1. The molecular weight excluding hydrogens is 224 g/mol. The summed E-state index contributed by atoms with van der Waals surface area (Å²) in [6.45, 7) is 5.47. The first-order valence-electron chi connectivity index (χ1n) is 6.67. The van der Waals surface area contributed by atoms with Gasteiger partial charge in [0.2, 0.25) is 0 Å². The van der Waals surface area contributed by atoms with Crippen LogP contribution in [0.2, 0.25) is 0 Å². The average molecular weight is 248 g/mol. The highest BCUT2D eigenvalue weighted by Crippen LogP contribution is 2.19. The van der Waals surface area contributed by atoms with E-state index in [0.29, 0.717) is 0 Å². The van der Waals surface area contributed by atoms with Crippen LogP contribution in [0.3, 0.4) is 0 Å². The number of hydrogen-bond acceptors (Lipinski definition) is 4.